The van der Waals surface area contributed by atoms with E-state index in [9.17, 15) is 14.9 Å². The van der Waals surface area contributed by atoms with E-state index in [1.54, 1.807) is 0 Å². The molecule has 0 spiro atoms. The Bertz CT molecular complexity index is 372. The van der Waals surface area contributed by atoms with Crippen LogP contribution in [0.4, 0.5) is 5.69 Å². The molecule has 0 aliphatic rings. The van der Waals surface area contributed by atoms with Gasteiger partial charge in [0.2, 0.25) is 0 Å². The molecule has 1 N–H and O–H groups in total. The fraction of sp³-hybridized carbons (Fsp3) is 0. The minimum atomic E-state index is -0.534. The highest BCUT2D eigenvalue weighted by atomic mass is 16.6. The first-order valence-corrected chi connectivity index (χ1v) is 3.65. The molecule has 0 atom stereocenters. The first-order chi connectivity index (χ1) is 6.65. The fourth-order valence-electron chi connectivity index (χ4n) is 0.871. The number of nitrogens with zero attached hydrogens (tertiary/aromatic N) is 2. The highest BCUT2D eigenvalue weighted by Crippen LogP contribution is 2.11. The average Bonchev–Trinajstić information content (AvgIpc) is 2.18. The molecular weight excluding hydrogens is 186 g/mol. The van der Waals surface area contributed by atoms with Gasteiger partial charge >= 0.3 is 0 Å². The largest absolute Gasteiger partial charge is 0.271 e. The Balaban J connectivity index is 2.88. The molecule has 0 aliphatic heterocycles. The van der Waals surface area contributed by atoms with Crippen LogP contribution in [0, 0.1) is 10.1 Å². The van der Waals surface area contributed by atoms with Crippen LogP contribution in [0.5, 0.6) is 0 Å². The number of hydrogen-bond acceptors (Lipinski definition) is 4. The number of nitro benzene ring substituents is 1. The summed E-state index contributed by atoms with van der Waals surface area (Å²) in [6.07, 6.45) is 0. The predicted molar refractivity (Wildman–Crippen MR) is 50.1 cm³/mol. The van der Waals surface area contributed by atoms with E-state index in [0.717, 1.165) is 0 Å². The third-order valence-corrected chi connectivity index (χ3v) is 1.52. The molecule has 1 aromatic carbocycles. The summed E-state index contributed by atoms with van der Waals surface area (Å²) in [5, 5.41) is 13.5. The Kier molecular flexibility index (Phi) is 2.90. The maximum absolute atomic E-state index is 11.1. The van der Waals surface area contributed by atoms with Crippen molar-refractivity contribution < 1.29 is 9.72 Å². The van der Waals surface area contributed by atoms with Crippen molar-refractivity contribution in [1.29, 1.82) is 0 Å². The Hall–Kier alpha value is -2.24. The molecule has 6 heteroatoms. The van der Waals surface area contributed by atoms with E-state index in [2.05, 4.69) is 17.2 Å². The standard InChI is InChI=1S/C8H7N3O3/c1-9-10-8(12)6-2-4-7(5-3-6)11(13)14/h2-5H,1H2,(H,10,12). The lowest BCUT2D eigenvalue weighted by Crippen LogP contribution is -2.16. The number of rotatable bonds is 3. The van der Waals surface area contributed by atoms with Crippen LogP contribution < -0.4 is 5.43 Å². The summed E-state index contributed by atoms with van der Waals surface area (Å²) in [4.78, 5) is 20.9. The van der Waals surface area contributed by atoms with Crippen LogP contribution in [-0.4, -0.2) is 17.5 Å². The van der Waals surface area contributed by atoms with Crippen LogP contribution in [0.25, 0.3) is 0 Å². The van der Waals surface area contributed by atoms with Crippen LogP contribution in [0.3, 0.4) is 0 Å². The number of amides is 1. The minimum absolute atomic E-state index is 0.0619. The molecule has 0 saturated heterocycles. The van der Waals surface area contributed by atoms with E-state index in [1.807, 2.05) is 0 Å². The summed E-state index contributed by atoms with van der Waals surface area (Å²) in [6.45, 7) is 3.08. The highest BCUT2D eigenvalue weighted by Gasteiger charge is 2.07. The van der Waals surface area contributed by atoms with Crippen molar-refractivity contribution in [2.24, 2.45) is 5.10 Å². The molecule has 14 heavy (non-hydrogen) atoms. The quantitative estimate of drug-likeness (QED) is 0.440. The highest BCUT2D eigenvalue weighted by molar-refractivity contribution is 5.94. The molecule has 0 aromatic heterocycles. The number of non-ortho nitro benzene ring substituents is 1. The third kappa shape index (κ3) is 2.13. The van der Waals surface area contributed by atoms with Gasteiger partial charge in [0.15, 0.2) is 0 Å². The number of carbonyl (C=O) groups is 1. The van der Waals surface area contributed by atoms with Crippen LogP contribution in [0.15, 0.2) is 29.4 Å². The van der Waals surface area contributed by atoms with Gasteiger partial charge in [-0.05, 0) is 12.1 Å². The number of carbonyl (C=O) groups excluding carboxylic acids is 1. The van der Waals surface area contributed by atoms with Crippen molar-refractivity contribution in [3.05, 3.63) is 39.9 Å². The van der Waals surface area contributed by atoms with Gasteiger partial charge in [-0.3, -0.25) is 14.9 Å². The third-order valence-electron chi connectivity index (χ3n) is 1.52. The number of hydrazone groups is 1. The van der Waals surface area contributed by atoms with Gasteiger partial charge in [-0.15, -0.1) is 0 Å². The van der Waals surface area contributed by atoms with Gasteiger partial charge in [0, 0.05) is 24.4 Å². The minimum Gasteiger partial charge on any atom is -0.267 e. The molecule has 0 bridgehead atoms. The van der Waals surface area contributed by atoms with Gasteiger partial charge in [-0.1, -0.05) is 0 Å². The fourth-order valence-corrected chi connectivity index (χ4v) is 0.871. The Labute approximate surface area is 79.4 Å². The summed E-state index contributed by atoms with van der Waals surface area (Å²) in [6, 6.07) is 5.19. The van der Waals surface area contributed by atoms with Crippen LogP contribution >= 0.6 is 0 Å². The molecule has 0 saturated carbocycles. The molecule has 0 heterocycles. The topological polar surface area (TPSA) is 84.6 Å². The second-order valence-corrected chi connectivity index (χ2v) is 2.40. The van der Waals surface area contributed by atoms with Crippen LogP contribution in [0.2, 0.25) is 0 Å². The van der Waals surface area contributed by atoms with Gasteiger partial charge in [-0.25, -0.2) is 5.43 Å². The van der Waals surface area contributed by atoms with Crippen molar-refractivity contribution in [1.82, 2.24) is 5.43 Å². The Morgan fingerprint density at radius 3 is 2.43 bits per heavy atom. The summed E-state index contributed by atoms with van der Waals surface area (Å²) in [7, 11) is 0. The van der Waals surface area contributed by atoms with Gasteiger partial charge in [-0.2, -0.15) is 5.10 Å². The zero-order valence-electron chi connectivity index (χ0n) is 7.14. The maximum Gasteiger partial charge on any atom is 0.271 e. The van der Waals surface area contributed by atoms with Crippen LogP contribution in [0.1, 0.15) is 10.4 Å². The molecule has 0 unspecified atom stereocenters. The summed E-state index contributed by atoms with van der Waals surface area (Å²) < 4.78 is 0. The number of benzene rings is 1. The zero-order chi connectivity index (χ0) is 10.6. The molecular formula is C8H7N3O3. The maximum atomic E-state index is 11.1. The molecule has 0 aliphatic carbocycles. The van der Waals surface area contributed by atoms with E-state index in [-0.39, 0.29) is 5.69 Å². The first-order valence-electron chi connectivity index (χ1n) is 3.65. The molecule has 72 valence electrons. The average molecular weight is 193 g/mol. The zero-order valence-corrected chi connectivity index (χ0v) is 7.14. The summed E-state index contributed by atoms with van der Waals surface area (Å²) >= 11 is 0. The number of nitro groups is 1. The van der Waals surface area contributed by atoms with Crippen molar-refractivity contribution >= 4 is 18.3 Å². The van der Waals surface area contributed by atoms with Crippen molar-refractivity contribution in [2.75, 3.05) is 0 Å². The van der Waals surface area contributed by atoms with Gasteiger partial charge in [0.05, 0.1) is 4.92 Å². The second-order valence-electron chi connectivity index (χ2n) is 2.40. The lowest BCUT2D eigenvalue weighted by molar-refractivity contribution is -0.384. The van der Waals surface area contributed by atoms with Crippen molar-refractivity contribution in [3.8, 4) is 0 Å². The lowest BCUT2D eigenvalue weighted by atomic mass is 10.2. The van der Waals surface area contributed by atoms with Gasteiger partial charge in [0.25, 0.3) is 11.6 Å². The molecule has 1 amide bonds. The smallest absolute Gasteiger partial charge is 0.267 e. The van der Waals surface area contributed by atoms with Crippen molar-refractivity contribution in [3.63, 3.8) is 0 Å². The lowest BCUT2D eigenvalue weighted by Gasteiger charge is -1.97. The second kappa shape index (κ2) is 4.13. The van der Waals surface area contributed by atoms with Gasteiger partial charge < -0.3 is 0 Å². The summed E-state index contributed by atoms with van der Waals surface area (Å²) in [5.41, 5.74) is 2.35. The number of nitrogens with one attached hydrogen (secondary N) is 1. The molecule has 1 rings (SSSR count). The summed E-state index contributed by atoms with van der Waals surface area (Å²) in [5.74, 6) is -0.449. The van der Waals surface area contributed by atoms with E-state index in [4.69, 9.17) is 0 Å². The Morgan fingerprint density at radius 1 is 1.43 bits per heavy atom. The number of hydrogen-bond donors (Lipinski definition) is 1. The molecule has 6 nitrogen and oxygen atoms in total. The van der Waals surface area contributed by atoms with Crippen LogP contribution in [-0.2, 0) is 0 Å². The van der Waals surface area contributed by atoms with E-state index < -0.39 is 10.8 Å². The predicted octanol–water partition coefficient (Wildman–Crippen LogP) is 0.940. The normalized spacial score (nSPS) is 9.14. The Morgan fingerprint density at radius 2 is 2.00 bits per heavy atom. The molecule has 0 radical (unpaired) electrons. The molecule has 0 fully saturated rings. The van der Waals surface area contributed by atoms with E-state index >= 15 is 0 Å². The monoisotopic (exact) mass is 193 g/mol. The van der Waals surface area contributed by atoms with Crippen molar-refractivity contribution in [2.45, 2.75) is 0 Å². The van der Waals surface area contributed by atoms with Gasteiger partial charge in [0.1, 0.15) is 0 Å². The van der Waals surface area contributed by atoms with E-state index in [1.165, 1.54) is 24.3 Å². The first kappa shape index (κ1) is 9.85. The molecule has 1 aromatic rings. The van der Waals surface area contributed by atoms with E-state index in [0.29, 0.717) is 5.56 Å². The SMILES string of the molecule is C=NNC(=O)c1ccc([N+](=O)[O-])cc1.